The highest BCUT2D eigenvalue weighted by Crippen LogP contribution is 2.26. The second-order valence-corrected chi connectivity index (χ2v) is 8.58. The molecule has 1 amide bonds. The number of amides is 1. The zero-order valence-electron chi connectivity index (χ0n) is 18.3. The molecule has 164 valence electrons. The zero-order chi connectivity index (χ0) is 22.9. The highest BCUT2D eigenvalue weighted by molar-refractivity contribution is 7.15. The molecule has 0 saturated heterocycles. The van der Waals surface area contributed by atoms with Crippen LogP contribution in [0.2, 0.25) is 0 Å². The normalized spacial score (nSPS) is 11.0. The molecule has 0 aliphatic heterocycles. The van der Waals surface area contributed by atoms with Crippen LogP contribution in [-0.2, 0) is 0 Å². The Morgan fingerprint density at radius 2 is 1.58 bits per heavy atom. The van der Waals surface area contributed by atoms with E-state index in [4.69, 9.17) is 0 Å². The van der Waals surface area contributed by atoms with E-state index in [2.05, 4.69) is 61.9 Å². The number of carbonyl (C=O) groups is 1. The van der Waals surface area contributed by atoms with Crippen LogP contribution in [0.25, 0.3) is 16.2 Å². The zero-order valence-corrected chi connectivity index (χ0v) is 19.1. The van der Waals surface area contributed by atoms with Crippen molar-refractivity contribution in [1.29, 1.82) is 0 Å². The van der Waals surface area contributed by atoms with Crippen molar-refractivity contribution in [2.45, 2.75) is 20.8 Å². The summed E-state index contributed by atoms with van der Waals surface area (Å²) in [6.07, 6.45) is 0. The van der Waals surface area contributed by atoms with E-state index in [0.717, 1.165) is 28.3 Å². The summed E-state index contributed by atoms with van der Waals surface area (Å²) >= 11 is 1.48. The molecule has 0 fully saturated rings. The van der Waals surface area contributed by atoms with Crippen LogP contribution in [-0.4, -0.2) is 30.5 Å². The molecule has 0 aliphatic carbocycles. The summed E-state index contributed by atoms with van der Waals surface area (Å²) < 4.78 is 1.75. The van der Waals surface area contributed by atoms with Gasteiger partial charge >= 0.3 is 0 Å². The SMILES string of the molecule is Cc1ccc(-c2csc3nc(NC(=O)c4ccc(Nc5nc(C)cc(C)n5)cc4)nn23)cc1. The number of carbonyl (C=O) groups excluding carboxylic acids is 1. The third kappa shape index (κ3) is 4.44. The largest absolute Gasteiger partial charge is 0.324 e. The minimum absolute atomic E-state index is 0.269. The Morgan fingerprint density at radius 1 is 0.879 bits per heavy atom. The summed E-state index contributed by atoms with van der Waals surface area (Å²) in [6.45, 7) is 5.90. The van der Waals surface area contributed by atoms with Gasteiger partial charge in [0, 0.05) is 33.6 Å². The van der Waals surface area contributed by atoms with E-state index in [-0.39, 0.29) is 11.9 Å². The van der Waals surface area contributed by atoms with Crippen LogP contribution < -0.4 is 10.6 Å². The van der Waals surface area contributed by atoms with E-state index < -0.39 is 0 Å². The lowest BCUT2D eigenvalue weighted by Gasteiger charge is -2.07. The quantitative estimate of drug-likeness (QED) is 0.380. The highest BCUT2D eigenvalue weighted by Gasteiger charge is 2.14. The third-order valence-electron chi connectivity index (χ3n) is 5.04. The molecule has 0 aliphatic rings. The number of nitrogens with zero attached hydrogens (tertiary/aromatic N) is 5. The van der Waals surface area contributed by atoms with E-state index in [0.29, 0.717) is 16.5 Å². The maximum absolute atomic E-state index is 12.7. The smallest absolute Gasteiger partial charge is 0.258 e. The number of benzene rings is 2. The summed E-state index contributed by atoms with van der Waals surface area (Å²) in [4.78, 5) is 26.6. The van der Waals surface area contributed by atoms with Gasteiger partial charge in [-0.05, 0) is 51.1 Å². The van der Waals surface area contributed by atoms with Crippen molar-refractivity contribution in [1.82, 2.24) is 24.6 Å². The summed E-state index contributed by atoms with van der Waals surface area (Å²) in [5.41, 5.74) is 6.24. The minimum Gasteiger partial charge on any atom is -0.324 e. The topological polar surface area (TPSA) is 97.1 Å². The summed E-state index contributed by atoms with van der Waals surface area (Å²) in [5, 5.41) is 12.4. The van der Waals surface area contributed by atoms with Gasteiger partial charge in [-0.1, -0.05) is 29.8 Å². The van der Waals surface area contributed by atoms with Crippen molar-refractivity contribution in [3.63, 3.8) is 0 Å². The second-order valence-electron chi connectivity index (χ2n) is 7.75. The van der Waals surface area contributed by atoms with Crippen molar-refractivity contribution >= 4 is 39.8 Å². The van der Waals surface area contributed by atoms with Crippen LogP contribution in [0.5, 0.6) is 0 Å². The van der Waals surface area contributed by atoms with Crippen LogP contribution in [0.3, 0.4) is 0 Å². The molecule has 0 bridgehead atoms. The molecule has 0 saturated carbocycles. The molecule has 5 aromatic rings. The maximum atomic E-state index is 12.7. The number of aryl methyl sites for hydroxylation is 3. The van der Waals surface area contributed by atoms with Crippen LogP contribution in [0.4, 0.5) is 17.6 Å². The van der Waals surface area contributed by atoms with Crippen molar-refractivity contribution in [2.75, 3.05) is 10.6 Å². The molecule has 3 aromatic heterocycles. The first-order chi connectivity index (χ1) is 15.9. The maximum Gasteiger partial charge on any atom is 0.258 e. The van der Waals surface area contributed by atoms with E-state index in [1.165, 1.54) is 16.9 Å². The van der Waals surface area contributed by atoms with E-state index >= 15 is 0 Å². The Bertz CT molecular complexity index is 1430. The van der Waals surface area contributed by atoms with Gasteiger partial charge in [0.25, 0.3) is 11.9 Å². The Labute approximate surface area is 194 Å². The van der Waals surface area contributed by atoms with Gasteiger partial charge in [0.2, 0.25) is 10.9 Å². The van der Waals surface area contributed by atoms with Gasteiger partial charge in [-0.15, -0.1) is 16.4 Å². The predicted molar refractivity (Wildman–Crippen MR) is 130 cm³/mol. The van der Waals surface area contributed by atoms with Gasteiger partial charge in [-0.2, -0.15) is 4.98 Å². The van der Waals surface area contributed by atoms with E-state index in [1.807, 2.05) is 37.4 Å². The molecule has 2 aromatic carbocycles. The average Bonchev–Trinajstić information content (AvgIpc) is 3.34. The van der Waals surface area contributed by atoms with Crippen molar-refractivity contribution < 1.29 is 4.79 Å². The molecule has 33 heavy (non-hydrogen) atoms. The second kappa shape index (κ2) is 8.44. The Balaban J connectivity index is 1.30. The number of anilines is 3. The molecule has 0 spiro atoms. The molecule has 2 N–H and O–H groups in total. The lowest BCUT2D eigenvalue weighted by molar-refractivity contribution is 0.102. The highest BCUT2D eigenvalue weighted by atomic mass is 32.1. The first-order valence-corrected chi connectivity index (χ1v) is 11.2. The van der Waals surface area contributed by atoms with Crippen molar-refractivity contribution in [3.8, 4) is 11.3 Å². The first-order valence-electron chi connectivity index (χ1n) is 10.4. The standard InChI is InChI=1S/C24H21N7OS/c1-14-4-6-17(7-5-14)20-13-33-24-29-23(30-31(20)24)28-21(32)18-8-10-19(11-9-18)27-22-25-15(2)12-16(3)26-22/h4-13H,1-3H3,(H,25,26,27)(H,28,30,32). The fraction of sp³-hybridized carbons (Fsp3) is 0.125. The Morgan fingerprint density at radius 3 is 2.27 bits per heavy atom. The van der Waals surface area contributed by atoms with Crippen LogP contribution >= 0.6 is 11.3 Å². The monoisotopic (exact) mass is 455 g/mol. The molecule has 0 unspecified atom stereocenters. The summed E-state index contributed by atoms with van der Waals surface area (Å²) in [6, 6.07) is 17.2. The lowest BCUT2D eigenvalue weighted by atomic mass is 10.1. The van der Waals surface area contributed by atoms with Gasteiger partial charge in [0.15, 0.2) is 0 Å². The Hall–Kier alpha value is -4.11. The molecular weight excluding hydrogens is 434 g/mol. The van der Waals surface area contributed by atoms with Crippen LogP contribution in [0.1, 0.15) is 27.3 Å². The van der Waals surface area contributed by atoms with Crippen molar-refractivity contribution in [2.24, 2.45) is 0 Å². The van der Waals surface area contributed by atoms with Gasteiger partial charge in [-0.25, -0.2) is 14.5 Å². The van der Waals surface area contributed by atoms with Crippen LogP contribution in [0, 0.1) is 20.8 Å². The molecule has 8 nitrogen and oxygen atoms in total. The number of hydrogen-bond acceptors (Lipinski definition) is 7. The summed E-state index contributed by atoms with van der Waals surface area (Å²) in [7, 11) is 0. The van der Waals surface area contributed by atoms with E-state index in [1.54, 1.807) is 16.6 Å². The van der Waals surface area contributed by atoms with Gasteiger partial charge < -0.3 is 5.32 Å². The van der Waals surface area contributed by atoms with Crippen LogP contribution in [0.15, 0.2) is 60.0 Å². The van der Waals surface area contributed by atoms with Gasteiger partial charge in [-0.3, -0.25) is 10.1 Å². The number of fused-ring (bicyclic) bond motifs is 1. The lowest BCUT2D eigenvalue weighted by Crippen LogP contribution is -2.13. The fourth-order valence-electron chi connectivity index (χ4n) is 3.45. The molecule has 0 radical (unpaired) electrons. The molecule has 5 rings (SSSR count). The molecule has 3 heterocycles. The molecular formula is C24H21N7OS. The number of rotatable bonds is 5. The third-order valence-corrected chi connectivity index (χ3v) is 5.86. The average molecular weight is 456 g/mol. The fourth-order valence-corrected chi connectivity index (χ4v) is 4.28. The van der Waals surface area contributed by atoms with Gasteiger partial charge in [0.05, 0.1) is 5.69 Å². The Kier molecular flexibility index (Phi) is 5.31. The van der Waals surface area contributed by atoms with Gasteiger partial charge in [0.1, 0.15) is 0 Å². The number of thiazole rings is 1. The minimum atomic E-state index is -0.278. The van der Waals surface area contributed by atoms with E-state index in [9.17, 15) is 4.79 Å². The number of aromatic nitrogens is 5. The summed E-state index contributed by atoms with van der Waals surface area (Å²) in [5.74, 6) is 0.516. The first kappa shape index (κ1) is 20.8. The number of hydrogen-bond donors (Lipinski definition) is 2. The molecule has 9 heteroatoms. The molecule has 0 atom stereocenters. The van der Waals surface area contributed by atoms with Crippen molar-refractivity contribution in [3.05, 3.63) is 82.5 Å². The predicted octanol–water partition coefficient (Wildman–Crippen LogP) is 5.17. The number of nitrogens with one attached hydrogen (secondary N) is 2.